The van der Waals surface area contributed by atoms with Gasteiger partial charge in [-0.2, -0.15) is 0 Å². The van der Waals surface area contributed by atoms with Crippen molar-refractivity contribution in [1.29, 1.82) is 0 Å². The molecule has 0 unspecified atom stereocenters. The van der Waals surface area contributed by atoms with Crippen molar-refractivity contribution in [3.63, 3.8) is 0 Å². The molecular weight excluding hydrogens is 210 g/mol. The van der Waals surface area contributed by atoms with Gasteiger partial charge in [-0.15, -0.1) is 0 Å². The van der Waals surface area contributed by atoms with Crippen LogP contribution in [-0.2, 0) is 12.8 Å². The van der Waals surface area contributed by atoms with Gasteiger partial charge in [-0.3, -0.25) is 0 Å². The van der Waals surface area contributed by atoms with Crippen molar-refractivity contribution in [3.8, 4) is 0 Å². The lowest BCUT2D eigenvalue weighted by Gasteiger charge is -2.19. The van der Waals surface area contributed by atoms with Gasteiger partial charge in [0.25, 0.3) is 0 Å². The zero-order valence-corrected chi connectivity index (χ0v) is 9.69. The van der Waals surface area contributed by atoms with Crippen LogP contribution in [0.5, 0.6) is 0 Å². The summed E-state index contributed by atoms with van der Waals surface area (Å²) in [5, 5.41) is 3.38. The Morgan fingerprint density at radius 2 is 2.00 bits per heavy atom. The summed E-state index contributed by atoms with van der Waals surface area (Å²) in [7, 11) is 0. The van der Waals surface area contributed by atoms with E-state index in [0.29, 0.717) is 0 Å². The molecule has 0 radical (unpaired) electrons. The van der Waals surface area contributed by atoms with Gasteiger partial charge in [-0.25, -0.2) is 9.97 Å². The SMILES string of the molecule is c1cc2c(c(Nc3ccncn3)c1)CCCC2. The van der Waals surface area contributed by atoms with Gasteiger partial charge in [-0.1, -0.05) is 12.1 Å². The van der Waals surface area contributed by atoms with Gasteiger partial charge in [0.05, 0.1) is 0 Å². The molecule has 0 saturated carbocycles. The molecule has 3 rings (SSSR count). The van der Waals surface area contributed by atoms with Gasteiger partial charge in [-0.05, 0) is 48.9 Å². The fraction of sp³-hybridized carbons (Fsp3) is 0.286. The lowest BCUT2D eigenvalue weighted by Crippen LogP contribution is -2.06. The minimum Gasteiger partial charge on any atom is -0.340 e. The van der Waals surface area contributed by atoms with Crippen LogP contribution in [0.4, 0.5) is 11.5 Å². The highest BCUT2D eigenvalue weighted by atomic mass is 15.0. The van der Waals surface area contributed by atoms with Crippen LogP contribution >= 0.6 is 0 Å². The normalized spacial score (nSPS) is 14.1. The molecule has 0 atom stereocenters. The highest BCUT2D eigenvalue weighted by molar-refractivity contribution is 5.62. The second-order valence-corrected chi connectivity index (χ2v) is 4.37. The van der Waals surface area contributed by atoms with Crippen molar-refractivity contribution >= 4 is 11.5 Å². The predicted molar refractivity (Wildman–Crippen MR) is 68.4 cm³/mol. The summed E-state index contributed by atoms with van der Waals surface area (Å²) in [4.78, 5) is 8.12. The second kappa shape index (κ2) is 4.53. The third kappa shape index (κ3) is 2.13. The van der Waals surface area contributed by atoms with Gasteiger partial charge in [0.15, 0.2) is 0 Å². The first-order valence-corrected chi connectivity index (χ1v) is 6.07. The molecule has 0 aliphatic heterocycles. The lowest BCUT2D eigenvalue weighted by molar-refractivity contribution is 0.687. The van der Waals surface area contributed by atoms with E-state index in [-0.39, 0.29) is 0 Å². The van der Waals surface area contributed by atoms with Gasteiger partial charge in [0.1, 0.15) is 12.1 Å². The minimum atomic E-state index is 0.860. The lowest BCUT2D eigenvalue weighted by atomic mass is 9.90. The van der Waals surface area contributed by atoms with Gasteiger partial charge < -0.3 is 5.32 Å². The van der Waals surface area contributed by atoms with E-state index in [1.54, 1.807) is 12.5 Å². The third-order valence-corrected chi connectivity index (χ3v) is 3.24. The standard InChI is InChI=1S/C14H15N3/c1-2-6-12-11(4-1)5-3-7-13(12)17-14-8-9-15-10-16-14/h3,5,7-10H,1-2,4,6H2,(H,15,16,17). The average Bonchev–Trinajstić information content (AvgIpc) is 2.40. The van der Waals surface area contributed by atoms with Gasteiger partial charge in [0, 0.05) is 11.9 Å². The van der Waals surface area contributed by atoms with Crippen molar-refractivity contribution < 1.29 is 0 Å². The summed E-state index contributed by atoms with van der Waals surface area (Å²) in [6.45, 7) is 0. The molecule has 3 nitrogen and oxygen atoms in total. The Morgan fingerprint density at radius 1 is 1.06 bits per heavy atom. The molecule has 1 aliphatic rings. The Kier molecular flexibility index (Phi) is 2.74. The Labute approximate surface area is 101 Å². The van der Waals surface area contributed by atoms with E-state index in [4.69, 9.17) is 0 Å². The number of hydrogen-bond acceptors (Lipinski definition) is 3. The van der Waals surface area contributed by atoms with Gasteiger partial charge in [0.2, 0.25) is 0 Å². The molecule has 1 aliphatic carbocycles. The smallest absolute Gasteiger partial charge is 0.133 e. The maximum atomic E-state index is 4.20. The van der Waals surface area contributed by atoms with Crippen molar-refractivity contribution in [2.24, 2.45) is 0 Å². The summed E-state index contributed by atoms with van der Waals surface area (Å²) < 4.78 is 0. The van der Waals surface area contributed by atoms with Crippen LogP contribution in [0.3, 0.4) is 0 Å². The molecule has 1 N–H and O–H groups in total. The van der Waals surface area contributed by atoms with E-state index in [1.807, 2.05) is 6.07 Å². The quantitative estimate of drug-likeness (QED) is 0.853. The number of aromatic nitrogens is 2. The summed E-state index contributed by atoms with van der Waals surface area (Å²) in [6.07, 6.45) is 8.29. The number of nitrogens with zero attached hydrogens (tertiary/aromatic N) is 2. The Balaban J connectivity index is 1.93. The zero-order chi connectivity index (χ0) is 11.5. The molecular formula is C14H15N3. The number of benzene rings is 1. The van der Waals surface area contributed by atoms with Crippen molar-refractivity contribution in [2.75, 3.05) is 5.32 Å². The summed E-state index contributed by atoms with van der Waals surface area (Å²) in [5.41, 5.74) is 4.13. The van der Waals surface area contributed by atoms with E-state index in [1.165, 1.54) is 42.5 Å². The molecule has 0 spiro atoms. The van der Waals surface area contributed by atoms with Crippen LogP contribution in [0.15, 0.2) is 36.8 Å². The highest BCUT2D eigenvalue weighted by Crippen LogP contribution is 2.29. The molecule has 0 bridgehead atoms. The molecule has 0 amide bonds. The topological polar surface area (TPSA) is 37.8 Å². The first-order valence-electron chi connectivity index (χ1n) is 6.07. The molecule has 3 heteroatoms. The summed E-state index contributed by atoms with van der Waals surface area (Å²) >= 11 is 0. The van der Waals surface area contributed by atoms with E-state index in [2.05, 4.69) is 33.5 Å². The molecule has 1 aromatic carbocycles. The number of aryl methyl sites for hydroxylation is 1. The van der Waals surface area contributed by atoms with E-state index in [0.717, 1.165) is 5.82 Å². The Hall–Kier alpha value is -1.90. The second-order valence-electron chi connectivity index (χ2n) is 4.37. The molecule has 2 aromatic rings. The van der Waals surface area contributed by atoms with Crippen LogP contribution in [0.2, 0.25) is 0 Å². The number of nitrogens with one attached hydrogen (secondary N) is 1. The zero-order valence-electron chi connectivity index (χ0n) is 9.69. The fourth-order valence-corrected chi connectivity index (χ4v) is 2.40. The number of hydrogen-bond donors (Lipinski definition) is 1. The molecule has 1 aromatic heterocycles. The monoisotopic (exact) mass is 225 g/mol. The van der Waals surface area contributed by atoms with Crippen LogP contribution in [0.25, 0.3) is 0 Å². The molecule has 86 valence electrons. The summed E-state index contributed by atoms with van der Waals surface area (Å²) in [5.74, 6) is 0.860. The maximum Gasteiger partial charge on any atom is 0.133 e. The summed E-state index contributed by atoms with van der Waals surface area (Å²) in [6, 6.07) is 8.38. The van der Waals surface area contributed by atoms with Crippen LogP contribution in [-0.4, -0.2) is 9.97 Å². The Morgan fingerprint density at radius 3 is 2.88 bits per heavy atom. The molecule has 17 heavy (non-hydrogen) atoms. The van der Waals surface area contributed by atoms with E-state index >= 15 is 0 Å². The van der Waals surface area contributed by atoms with Crippen LogP contribution in [0.1, 0.15) is 24.0 Å². The van der Waals surface area contributed by atoms with Crippen LogP contribution in [0, 0.1) is 0 Å². The van der Waals surface area contributed by atoms with Gasteiger partial charge >= 0.3 is 0 Å². The predicted octanol–water partition coefficient (Wildman–Crippen LogP) is 3.10. The largest absolute Gasteiger partial charge is 0.340 e. The number of fused-ring (bicyclic) bond motifs is 1. The third-order valence-electron chi connectivity index (χ3n) is 3.24. The first kappa shape index (κ1) is 10.3. The number of anilines is 2. The molecule has 1 heterocycles. The molecule has 0 fully saturated rings. The van der Waals surface area contributed by atoms with E-state index in [9.17, 15) is 0 Å². The first-order chi connectivity index (χ1) is 8.43. The van der Waals surface area contributed by atoms with Crippen molar-refractivity contribution in [1.82, 2.24) is 9.97 Å². The van der Waals surface area contributed by atoms with Crippen LogP contribution < -0.4 is 5.32 Å². The minimum absolute atomic E-state index is 0.860. The van der Waals surface area contributed by atoms with E-state index < -0.39 is 0 Å². The molecule has 0 saturated heterocycles. The van der Waals surface area contributed by atoms with Crippen molar-refractivity contribution in [2.45, 2.75) is 25.7 Å². The number of rotatable bonds is 2. The maximum absolute atomic E-state index is 4.20. The fourth-order valence-electron chi connectivity index (χ4n) is 2.40. The van der Waals surface area contributed by atoms with Crippen molar-refractivity contribution in [3.05, 3.63) is 47.9 Å². The average molecular weight is 225 g/mol. The Bertz CT molecular complexity index is 508. The highest BCUT2D eigenvalue weighted by Gasteiger charge is 2.12.